The first-order chi connectivity index (χ1) is 10.1. The molecule has 0 aromatic heterocycles. The highest BCUT2D eigenvalue weighted by Crippen LogP contribution is 2.57. The average Bonchev–Trinajstić information content (AvgIpc) is 2.38. The normalized spacial score (nSPS) is 28.0. The van der Waals surface area contributed by atoms with Crippen LogP contribution in [0.15, 0.2) is 18.2 Å². The second-order valence-corrected chi connectivity index (χ2v) is 7.07. The molecule has 2 nitrogen and oxygen atoms in total. The Labute approximate surface area is 129 Å². The van der Waals surface area contributed by atoms with Gasteiger partial charge in [0.05, 0.1) is 6.10 Å². The summed E-state index contributed by atoms with van der Waals surface area (Å²) in [7, 11) is 0. The zero-order valence-corrected chi connectivity index (χ0v) is 13.9. The minimum absolute atomic E-state index is 0.426. The third kappa shape index (κ3) is 2.53. The maximum absolute atomic E-state index is 5.96. The van der Waals surface area contributed by atoms with Gasteiger partial charge in [-0.3, -0.25) is 0 Å². The summed E-state index contributed by atoms with van der Waals surface area (Å²) in [5, 5.41) is 3.90. The van der Waals surface area contributed by atoms with Gasteiger partial charge in [-0.15, -0.1) is 0 Å². The van der Waals surface area contributed by atoms with Crippen molar-refractivity contribution in [3.05, 3.63) is 34.9 Å². The second kappa shape index (κ2) is 5.73. The van der Waals surface area contributed by atoms with Gasteiger partial charge in [0.15, 0.2) is 0 Å². The summed E-state index contributed by atoms with van der Waals surface area (Å²) in [5.74, 6) is 0. The maximum Gasteiger partial charge on any atom is 0.0661 e. The van der Waals surface area contributed by atoms with Crippen molar-refractivity contribution in [2.75, 3.05) is 6.61 Å². The van der Waals surface area contributed by atoms with Crippen molar-refractivity contribution >= 4 is 0 Å². The molecule has 2 saturated carbocycles. The first-order valence-corrected chi connectivity index (χ1v) is 8.51. The summed E-state index contributed by atoms with van der Waals surface area (Å²) in [4.78, 5) is 0. The predicted molar refractivity (Wildman–Crippen MR) is 87.6 cm³/mol. The van der Waals surface area contributed by atoms with E-state index >= 15 is 0 Å². The molecule has 0 heterocycles. The lowest BCUT2D eigenvalue weighted by Gasteiger charge is -2.61. The van der Waals surface area contributed by atoms with Gasteiger partial charge in [0.1, 0.15) is 0 Å². The standard InChI is InChI=1S/C19H29NO/c1-5-21-18-12-17(19(18)9-6-10-19)20-15(4)16-11-13(2)7-8-14(16)3/h7-8,11,15,17-18,20H,5-6,9-10,12H2,1-4H3. The quantitative estimate of drug-likeness (QED) is 0.871. The van der Waals surface area contributed by atoms with Crippen LogP contribution in [0, 0.1) is 19.3 Å². The molecule has 0 radical (unpaired) electrons. The minimum Gasteiger partial charge on any atom is -0.378 e. The van der Waals surface area contributed by atoms with E-state index in [1.807, 2.05) is 0 Å². The van der Waals surface area contributed by atoms with Gasteiger partial charge in [0.25, 0.3) is 0 Å². The Morgan fingerprint density at radius 3 is 2.71 bits per heavy atom. The highest BCUT2D eigenvalue weighted by atomic mass is 16.5. The van der Waals surface area contributed by atoms with Gasteiger partial charge in [-0.2, -0.15) is 0 Å². The summed E-state index contributed by atoms with van der Waals surface area (Å²) in [6, 6.07) is 7.84. The number of rotatable bonds is 5. The van der Waals surface area contributed by atoms with E-state index in [9.17, 15) is 0 Å². The molecule has 2 fully saturated rings. The van der Waals surface area contributed by atoms with E-state index in [2.05, 4.69) is 51.2 Å². The number of nitrogens with one attached hydrogen (secondary N) is 1. The smallest absolute Gasteiger partial charge is 0.0661 e. The molecule has 0 bridgehead atoms. The van der Waals surface area contributed by atoms with Gasteiger partial charge in [0, 0.05) is 24.1 Å². The fourth-order valence-electron chi connectivity index (χ4n) is 4.29. The van der Waals surface area contributed by atoms with Crippen LogP contribution in [0.4, 0.5) is 0 Å². The molecule has 3 atom stereocenters. The van der Waals surface area contributed by atoms with Crippen LogP contribution in [0.2, 0.25) is 0 Å². The van der Waals surface area contributed by atoms with E-state index in [4.69, 9.17) is 4.74 Å². The van der Waals surface area contributed by atoms with Crippen molar-refractivity contribution in [3.8, 4) is 0 Å². The summed E-state index contributed by atoms with van der Waals surface area (Å²) in [5.41, 5.74) is 4.64. The number of hydrogen-bond acceptors (Lipinski definition) is 2. The van der Waals surface area contributed by atoms with Crippen LogP contribution in [0.1, 0.15) is 62.3 Å². The van der Waals surface area contributed by atoms with E-state index in [1.165, 1.54) is 42.4 Å². The van der Waals surface area contributed by atoms with Crippen LogP contribution >= 0.6 is 0 Å². The average molecular weight is 287 g/mol. The molecule has 1 aromatic carbocycles. The van der Waals surface area contributed by atoms with Crippen molar-refractivity contribution < 1.29 is 4.74 Å². The molecule has 116 valence electrons. The molecule has 0 saturated heterocycles. The molecule has 0 aliphatic heterocycles. The largest absolute Gasteiger partial charge is 0.378 e. The van der Waals surface area contributed by atoms with Crippen LogP contribution in [-0.4, -0.2) is 18.8 Å². The SMILES string of the molecule is CCOC1CC(NC(C)c2cc(C)ccc2C)C12CCC2. The van der Waals surface area contributed by atoms with E-state index in [-0.39, 0.29) is 0 Å². The Balaban J connectivity index is 1.68. The topological polar surface area (TPSA) is 21.3 Å². The lowest BCUT2D eigenvalue weighted by Crippen LogP contribution is -2.67. The highest BCUT2D eigenvalue weighted by molar-refractivity contribution is 5.33. The number of aryl methyl sites for hydroxylation is 2. The van der Waals surface area contributed by atoms with Crippen molar-refractivity contribution in [3.63, 3.8) is 0 Å². The molecule has 3 unspecified atom stereocenters. The molecule has 1 aromatic rings. The zero-order valence-electron chi connectivity index (χ0n) is 13.9. The molecular formula is C19H29NO. The van der Waals surface area contributed by atoms with Crippen LogP contribution in [0.3, 0.4) is 0 Å². The molecule has 2 aliphatic carbocycles. The number of ether oxygens (including phenoxy) is 1. The van der Waals surface area contributed by atoms with E-state index in [1.54, 1.807) is 0 Å². The van der Waals surface area contributed by atoms with Gasteiger partial charge in [0.2, 0.25) is 0 Å². The summed E-state index contributed by atoms with van der Waals surface area (Å²) >= 11 is 0. The lowest BCUT2D eigenvalue weighted by molar-refractivity contribution is -0.174. The molecule has 2 aliphatic rings. The van der Waals surface area contributed by atoms with E-state index in [0.29, 0.717) is 23.6 Å². The molecule has 0 amide bonds. The van der Waals surface area contributed by atoms with Crippen LogP contribution in [0.5, 0.6) is 0 Å². The molecule has 3 rings (SSSR count). The van der Waals surface area contributed by atoms with E-state index in [0.717, 1.165) is 6.61 Å². The van der Waals surface area contributed by atoms with Crippen LogP contribution in [-0.2, 0) is 4.74 Å². The third-order valence-electron chi connectivity index (χ3n) is 5.79. The monoisotopic (exact) mass is 287 g/mol. The number of hydrogen-bond donors (Lipinski definition) is 1. The highest BCUT2D eigenvalue weighted by Gasteiger charge is 2.58. The Morgan fingerprint density at radius 1 is 1.33 bits per heavy atom. The molecule has 1 spiro atoms. The molecule has 2 heteroatoms. The Bertz CT molecular complexity index is 506. The first kappa shape index (κ1) is 15.1. The summed E-state index contributed by atoms with van der Waals surface area (Å²) < 4.78 is 5.96. The fraction of sp³-hybridized carbons (Fsp3) is 0.684. The van der Waals surface area contributed by atoms with Gasteiger partial charge in [-0.25, -0.2) is 0 Å². The van der Waals surface area contributed by atoms with Gasteiger partial charge < -0.3 is 10.1 Å². The van der Waals surface area contributed by atoms with Crippen LogP contribution < -0.4 is 5.32 Å². The van der Waals surface area contributed by atoms with Crippen LogP contribution in [0.25, 0.3) is 0 Å². The Hall–Kier alpha value is -0.860. The Morgan fingerprint density at radius 2 is 2.10 bits per heavy atom. The summed E-state index contributed by atoms with van der Waals surface area (Å²) in [6.07, 6.45) is 5.74. The molecule has 1 N–H and O–H groups in total. The third-order valence-corrected chi connectivity index (χ3v) is 5.79. The Kier molecular flexibility index (Phi) is 4.11. The fourth-order valence-corrected chi connectivity index (χ4v) is 4.29. The molecule has 21 heavy (non-hydrogen) atoms. The molecular weight excluding hydrogens is 258 g/mol. The predicted octanol–water partition coefficient (Wildman–Crippen LogP) is 4.30. The van der Waals surface area contributed by atoms with Crippen molar-refractivity contribution in [2.24, 2.45) is 5.41 Å². The lowest BCUT2D eigenvalue weighted by atomic mass is 9.51. The second-order valence-electron chi connectivity index (χ2n) is 7.07. The first-order valence-electron chi connectivity index (χ1n) is 8.51. The van der Waals surface area contributed by atoms with Gasteiger partial charge >= 0.3 is 0 Å². The maximum atomic E-state index is 5.96. The minimum atomic E-state index is 0.426. The van der Waals surface area contributed by atoms with Crippen molar-refractivity contribution in [1.82, 2.24) is 5.32 Å². The summed E-state index contributed by atoms with van der Waals surface area (Å²) in [6.45, 7) is 9.67. The van der Waals surface area contributed by atoms with Crippen molar-refractivity contribution in [2.45, 2.75) is 71.6 Å². The van der Waals surface area contributed by atoms with Crippen molar-refractivity contribution in [1.29, 1.82) is 0 Å². The number of benzene rings is 1. The van der Waals surface area contributed by atoms with Gasteiger partial charge in [-0.1, -0.05) is 30.2 Å². The van der Waals surface area contributed by atoms with Gasteiger partial charge in [-0.05, 0) is 58.1 Å². The zero-order chi connectivity index (χ0) is 15.0. The van der Waals surface area contributed by atoms with E-state index < -0.39 is 0 Å².